The number of hydrogen-bond acceptors (Lipinski definition) is 4. The van der Waals surface area contributed by atoms with E-state index in [1.807, 2.05) is 0 Å². The average Bonchev–Trinajstić information content (AvgIpc) is 2.46. The van der Waals surface area contributed by atoms with E-state index in [0.717, 1.165) is 5.56 Å². The van der Waals surface area contributed by atoms with Crippen molar-refractivity contribution in [1.29, 1.82) is 0 Å². The number of hydrogen-bond donors (Lipinski definition) is 0. The van der Waals surface area contributed by atoms with Gasteiger partial charge >= 0.3 is 0 Å². The Balaban J connectivity index is 2.49. The molecule has 5 heteroatoms. The van der Waals surface area contributed by atoms with E-state index in [9.17, 15) is 14.9 Å². The molecule has 0 saturated heterocycles. The Hall–Kier alpha value is -2.69. The van der Waals surface area contributed by atoms with Gasteiger partial charge in [0.2, 0.25) is 0 Å². The highest BCUT2D eigenvalue weighted by molar-refractivity contribution is 5.82. The van der Waals surface area contributed by atoms with Crippen molar-refractivity contribution < 1.29 is 14.5 Å². The lowest BCUT2D eigenvalue weighted by Crippen LogP contribution is -1.92. The fourth-order valence-electron chi connectivity index (χ4n) is 1.79. The standard InChI is InChI=1S/C14H11NO4/c1-19-14-8-11(5-6-12(14)9-16)10-3-2-4-13(7-10)15(17)18/h2-9H,1H3. The summed E-state index contributed by atoms with van der Waals surface area (Å²) in [5.74, 6) is 0.444. The van der Waals surface area contributed by atoms with Gasteiger partial charge in [0.15, 0.2) is 6.29 Å². The molecule has 0 amide bonds. The van der Waals surface area contributed by atoms with E-state index < -0.39 is 4.92 Å². The summed E-state index contributed by atoms with van der Waals surface area (Å²) in [7, 11) is 1.47. The van der Waals surface area contributed by atoms with Crippen LogP contribution in [0.2, 0.25) is 0 Å². The van der Waals surface area contributed by atoms with Crippen LogP contribution in [-0.4, -0.2) is 18.3 Å². The molecule has 0 atom stereocenters. The minimum atomic E-state index is -0.444. The predicted octanol–water partition coefficient (Wildman–Crippen LogP) is 3.08. The Kier molecular flexibility index (Phi) is 3.56. The van der Waals surface area contributed by atoms with Crippen molar-refractivity contribution in [2.45, 2.75) is 0 Å². The van der Waals surface area contributed by atoms with Crippen molar-refractivity contribution in [3.8, 4) is 16.9 Å². The van der Waals surface area contributed by atoms with Crippen LogP contribution in [0, 0.1) is 10.1 Å². The molecule has 0 bridgehead atoms. The monoisotopic (exact) mass is 257 g/mol. The van der Waals surface area contributed by atoms with Gasteiger partial charge in [0.05, 0.1) is 17.6 Å². The van der Waals surface area contributed by atoms with Gasteiger partial charge in [0.25, 0.3) is 5.69 Å². The Morgan fingerprint density at radius 3 is 2.53 bits per heavy atom. The van der Waals surface area contributed by atoms with Gasteiger partial charge in [0.1, 0.15) is 5.75 Å². The second kappa shape index (κ2) is 5.30. The van der Waals surface area contributed by atoms with E-state index in [-0.39, 0.29) is 5.69 Å². The highest BCUT2D eigenvalue weighted by Crippen LogP contribution is 2.28. The third-order valence-corrected chi connectivity index (χ3v) is 2.75. The van der Waals surface area contributed by atoms with E-state index in [1.54, 1.807) is 30.3 Å². The van der Waals surface area contributed by atoms with E-state index in [1.165, 1.54) is 19.2 Å². The predicted molar refractivity (Wildman–Crippen MR) is 70.5 cm³/mol. The Morgan fingerprint density at radius 2 is 1.89 bits per heavy atom. The van der Waals surface area contributed by atoms with Crippen molar-refractivity contribution in [3.63, 3.8) is 0 Å². The summed E-state index contributed by atoms with van der Waals surface area (Å²) in [6.45, 7) is 0. The summed E-state index contributed by atoms with van der Waals surface area (Å²) >= 11 is 0. The van der Waals surface area contributed by atoms with Crippen LogP contribution in [0.25, 0.3) is 11.1 Å². The van der Waals surface area contributed by atoms with Gasteiger partial charge in [-0.2, -0.15) is 0 Å². The molecule has 0 aliphatic heterocycles. The lowest BCUT2D eigenvalue weighted by atomic mass is 10.0. The Bertz CT molecular complexity index is 637. The third kappa shape index (κ3) is 2.60. The summed E-state index contributed by atoms with van der Waals surface area (Å²) in [6.07, 6.45) is 0.704. The molecule has 0 radical (unpaired) electrons. The van der Waals surface area contributed by atoms with Gasteiger partial charge < -0.3 is 4.74 Å². The van der Waals surface area contributed by atoms with Gasteiger partial charge in [-0.3, -0.25) is 14.9 Å². The van der Waals surface area contributed by atoms with Crippen molar-refractivity contribution in [1.82, 2.24) is 0 Å². The zero-order valence-corrected chi connectivity index (χ0v) is 10.2. The number of nitro benzene ring substituents is 1. The topological polar surface area (TPSA) is 69.4 Å². The first-order valence-electron chi connectivity index (χ1n) is 5.53. The third-order valence-electron chi connectivity index (χ3n) is 2.75. The molecular weight excluding hydrogens is 246 g/mol. The number of aldehydes is 1. The summed E-state index contributed by atoms with van der Waals surface area (Å²) in [6, 6.07) is 11.3. The number of non-ortho nitro benzene ring substituents is 1. The first-order valence-corrected chi connectivity index (χ1v) is 5.53. The molecular formula is C14H11NO4. The van der Waals surface area contributed by atoms with Gasteiger partial charge in [-0.15, -0.1) is 0 Å². The maximum atomic E-state index is 10.8. The van der Waals surface area contributed by atoms with Crippen LogP contribution in [-0.2, 0) is 0 Å². The number of ether oxygens (including phenoxy) is 1. The number of nitrogens with zero attached hydrogens (tertiary/aromatic N) is 1. The van der Waals surface area contributed by atoms with Crippen LogP contribution in [0.4, 0.5) is 5.69 Å². The number of carbonyl (C=O) groups is 1. The minimum absolute atomic E-state index is 0.0240. The van der Waals surface area contributed by atoms with Crippen molar-refractivity contribution in [2.75, 3.05) is 7.11 Å². The zero-order chi connectivity index (χ0) is 13.8. The van der Waals surface area contributed by atoms with Gasteiger partial charge in [0, 0.05) is 12.1 Å². The van der Waals surface area contributed by atoms with E-state index in [4.69, 9.17) is 4.74 Å². The summed E-state index contributed by atoms with van der Waals surface area (Å²) < 4.78 is 5.11. The Labute approximate surface area is 109 Å². The number of carbonyl (C=O) groups excluding carboxylic acids is 1. The molecule has 0 aliphatic rings. The van der Waals surface area contributed by atoms with Crippen LogP contribution in [0.15, 0.2) is 42.5 Å². The molecule has 96 valence electrons. The highest BCUT2D eigenvalue weighted by Gasteiger charge is 2.09. The number of benzene rings is 2. The quantitative estimate of drug-likeness (QED) is 0.479. The zero-order valence-electron chi connectivity index (χ0n) is 10.2. The molecule has 5 nitrogen and oxygen atoms in total. The molecule has 0 aromatic heterocycles. The van der Waals surface area contributed by atoms with Gasteiger partial charge in [-0.1, -0.05) is 18.2 Å². The summed E-state index contributed by atoms with van der Waals surface area (Å²) in [5, 5.41) is 10.7. The average molecular weight is 257 g/mol. The lowest BCUT2D eigenvalue weighted by molar-refractivity contribution is -0.384. The molecule has 2 rings (SSSR count). The molecule has 0 saturated carbocycles. The second-order valence-electron chi connectivity index (χ2n) is 3.88. The number of methoxy groups -OCH3 is 1. The van der Waals surface area contributed by atoms with Gasteiger partial charge in [-0.05, 0) is 23.3 Å². The van der Waals surface area contributed by atoms with E-state index in [0.29, 0.717) is 23.2 Å². The molecule has 0 fully saturated rings. The summed E-state index contributed by atoms with van der Waals surface area (Å²) in [5.41, 5.74) is 1.92. The fraction of sp³-hybridized carbons (Fsp3) is 0.0714. The number of rotatable bonds is 4. The second-order valence-corrected chi connectivity index (χ2v) is 3.88. The molecule has 2 aromatic rings. The molecule has 0 spiro atoms. The molecule has 0 unspecified atom stereocenters. The molecule has 0 heterocycles. The molecule has 0 N–H and O–H groups in total. The van der Waals surface area contributed by atoms with Crippen molar-refractivity contribution >= 4 is 12.0 Å². The first kappa shape index (κ1) is 12.8. The first-order chi connectivity index (χ1) is 9.15. The Morgan fingerprint density at radius 1 is 1.16 bits per heavy atom. The highest BCUT2D eigenvalue weighted by atomic mass is 16.6. The molecule has 19 heavy (non-hydrogen) atoms. The lowest BCUT2D eigenvalue weighted by Gasteiger charge is -2.07. The van der Waals surface area contributed by atoms with E-state index >= 15 is 0 Å². The van der Waals surface area contributed by atoms with Crippen LogP contribution in [0.3, 0.4) is 0 Å². The smallest absolute Gasteiger partial charge is 0.270 e. The number of nitro groups is 1. The normalized spacial score (nSPS) is 9.95. The largest absolute Gasteiger partial charge is 0.496 e. The van der Waals surface area contributed by atoms with Gasteiger partial charge in [-0.25, -0.2) is 0 Å². The fourth-order valence-corrected chi connectivity index (χ4v) is 1.79. The van der Waals surface area contributed by atoms with Crippen molar-refractivity contribution in [2.24, 2.45) is 0 Å². The molecule has 2 aromatic carbocycles. The van der Waals surface area contributed by atoms with Crippen LogP contribution in [0.1, 0.15) is 10.4 Å². The summed E-state index contributed by atoms with van der Waals surface area (Å²) in [4.78, 5) is 21.1. The SMILES string of the molecule is COc1cc(-c2cccc([N+](=O)[O-])c2)ccc1C=O. The van der Waals surface area contributed by atoms with Crippen LogP contribution in [0.5, 0.6) is 5.75 Å². The van der Waals surface area contributed by atoms with Crippen molar-refractivity contribution in [3.05, 3.63) is 58.1 Å². The maximum Gasteiger partial charge on any atom is 0.270 e. The van der Waals surface area contributed by atoms with Crippen LogP contribution >= 0.6 is 0 Å². The van der Waals surface area contributed by atoms with Crippen LogP contribution < -0.4 is 4.74 Å². The molecule has 0 aliphatic carbocycles. The van der Waals surface area contributed by atoms with E-state index in [2.05, 4.69) is 0 Å². The minimum Gasteiger partial charge on any atom is -0.496 e. The maximum absolute atomic E-state index is 10.8.